The highest BCUT2D eigenvalue weighted by molar-refractivity contribution is 5.73. The number of rotatable bonds is 9. The lowest BCUT2D eigenvalue weighted by Gasteiger charge is -2.03. The van der Waals surface area contributed by atoms with Crippen molar-refractivity contribution in [2.45, 2.75) is 32.1 Å². The maximum absolute atomic E-state index is 10.7. The molecule has 0 rings (SSSR count). The third-order valence-corrected chi connectivity index (χ3v) is 1.99. The zero-order valence-corrected chi connectivity index (χ0v) is 9.25. The van der Waals surface area contributed by atoms with Gasteiger partial charge in [-0.25, -0.2) is 0 Å². The molecule has 88 valence electrons. The first kappa shape index (κ1) is 13.9. The molecule has 0 unspecified atom stereocenters. The number of unbranched alkanes of at least 4 members (excludes halogenated alkanes) is 1. The van der Waals surface area contributed by atoms with Crippen LogP contribution < -0.4 is 11.1 Å². The molecule has 0 aromatic heterocycles. The fourth-order valence-corrected chi connectivity index (χ4v) is 1.13. The van der Waals surface area contributed by atoms with E-state index < -0.39 is 0 Å². The molecule has 0 heterocycles. The average molecular weight is 216 g/mol. The van der Waals surface area contributed by atoms with Gasteiger partial charge in [0.05, 0.1) is 7.11 Å². The molecular formula is C10H20N2O3. The van der Waals surface area contributed by atoms with Crippen LogP contribution in [0.4, 0.5) is 0 Å². The van der Waals surface area contributed by atoms with Crippen molar-refractivity contribution in [3.05, 3.63) is 0 Å². The van der Waals surface area contributed by atoms with E-state index in [2.05, 4.69) is 10.1 Å². The van der Waals surface area contributed by atoms with E-state index in [9.17, 15) is 9.59 Å². The molecule has 0 atom stereocenters. The molecule has 15 heavy (non-hydrogen) atoms. The molecule has 0 fully saturated rings. The van der Waals surface area contributed by atoms with Crippen molar-refractivity contribution >= 4 is 11.9 Å². The standard InChI is InChI=1S/C10H20N2O3/c1-15-10(14)6-4-8-12-7-3-2-5-9(11)13/h12H,2-8H2,1H3,(H2,11,13). The number of methoxy groups -OCH3 is 1. The van der Waals surface area contributed by atoms with Crippen LogP contribution in [-0.2, 0) is 14.3 Å². The van der Waals surface area contributed by atoms with Crippen LogP contribution in [0.2, 0.25) is 0 Å². The molecule has 0 aliphatic heterocycles. The van der Waals surface area contributed by atoms with Crippen molar-refractivity contribution in [1.29, 1.82) is 0 Å². The zero-order chi connectivity index (χ0) is 11.5. The van der Waals surface area contributed by atoms with Crippen molar-refractivity contribution < 1.29 is 14.3 Å². The molecule has 5 heteroatoms. The molecule has 0 aromatic carbocycles. The van der Waals surface area contributed by atoms with Gasteiger partial charge in [0.25, 0.3) is 0 Å². The average Bonchev–Trinajstić information content (AvgIpc) is 2.21. The Morgan fingerprint density at radius 1 is 1.13 bits per heavy atom. The predicted molar refractivity (Wildman–Crippen MR) is 57.2 cm³/mol. The molecule has 0 aliphatic rings. The second-order valence-corrected chi connectivity index (χ2v) is 3.35. The third-order valence-electron chi connectivity index (χ3n) is 1.99. The fourth-order valence-electron chi connectivity index (χ4n) is 1.13. The summed E-state index contributed by atoms with van der Waals surface area (Å²) in [6, 6.07) is 0. The van der Waals surface area contributed by atoms with E-state index in [0.29, 0.717) is 12.8 Å². The molecule has 5 nitrogen and oxygen atoms in total. The van der Waals surface area contributed by atoms with E-state index in [1.54, 1.807) is 0 Å². The second-order valence-electron chi connectivity index (χ2n) is 3.35. The Morgan fingerprint density at radius 3 is 2.40 bits per heavy atom. The number of nitrogens with two attached hydrogens (primary N) is 1. The topological polar surface area (TPSA) is 81.4 Å². The predicted octanol–water partition coefficient (Wildman–Crippen LogP) is 0.185. The van der Waals surface area contributed by atoms with Crippen LogP contribution in [0.15, 0.2) is 0 Å². The Morgan fingerprint density at radius 2 is 1.80 bits per heavy atom. The van der Waals surface area contributed by atoms with Gasteiger partial charge in [0.2, 0.25) is 5.91 Å². The number of ether oxygens (including phenoxy) is 1. The molecule has 0 radical (unpaired) electrons. The largest absolute Gasteiger partial charge is 0.469 e. The monoisotopic (exact) mass is 216 g/mol. The highest BCUT2D eigenvalue weighted by Crippen LogP contribution is 1.93. The smallest absolute Gasteiger partial charge is 0.305 e. The number of hydrogen-bond donors (Lipinski definition) is 2. The highest BCUT2D eigenvalue weighted by atomic mass is 16.5. The van der Waals surface area contributed by atoms with Crippen molar-refractivity contribution in [3.8, 4) is 0 Å². The van der Waals surface area contributed by atoms with Gasteiger partial charge >= 0.3 is 5.97 Å². The first-order chi connectivity index (χ1) is 7.16. The number of carbonyl (C=O) groups excluding carboxylic acids is 2. The zero-order valence-electron chi connectivity index (χ0n) is 9.25. The van der Waals surface area contributed by atoms with Crippen molar-refractivity contribution in [2.75, 3.05) is 20.2 Å². The maximum atomic E-state index is 10.7. The summed E-state index contributed by atoms with van der Waals surface area (Å²) < 4.78 is 4.50. The lowest BCUT2D eigenvalue weighted by atomic mass is 10.2. The van der Waals surface area contributed by atoms with Gasteiger partial charge in [0.15, 0.2) is 0 Å². The first-order valence-electron chi connectivity index (χ1n) is 5.22. The van der Waals surface area contributed by atoms with E-state index in [4.69, 9.17) is 5.73 Å². The molecular weight excluding hydrogens is 196 g/mol. The highest BCUT2D eigenvalue weighted by Gasteiger charge is 1.98. The quantitative estimate of drug-likeness (QED) is 0.425. The number of esters is 1. The van der Waals surface area contributed by atoms with Crippen molar-refractivity contribution in [1.82, 2.24) is 5.32 Å². The van der Waals surface area contributed by atoms with Gasteiger partial charge < -0.3 is 15.8 Å². The molecule has 0 spiro atoms. The Bertz CT molecular complexity index is 195. The fraction of sp³-hybridized carbons (Fsp3) is 0.800. The van der Waals surface area contributed by atoms with Crippen LogP contribution in [-0.4, -0.2) is 32.1 Å². The Labute approximate surface area is 90.4 Å². The summed E-state index contributed by atoms with van der Waals surface area (Å²) >= 11 is 0. The molecule has 0 aromatic rings. The van der Waals surface area contributed by atoms with Crippen LogP contribution in [0, 0.1) is 0 Å². The molecule has 0 bridgehead atoms. The lowest BCUT2D eigenvalue weighted by molar-refractivity contribution is -0.140. The second kappa shape index (κ2) is 9.45. The van der Waals surface area contributed by atoms with Gasteiger partial charge in [0, 0.05) is 12.8 Å². The van der Waals surface area contributed by atoms with Gasteiger partial charge in [-0.3, -0.25) is 9.59 Å². The maximum Gasteiger partial charge on any atom is 0.305 e. The van der Waals surface area contributed by atoms with Gasteiger partial charge in [0.1, 0.15) is 0 Å². The van der Waals surface area contributed by atoms with Crippen LogP contribution in [0.3, 0.4) is 0 Å². The Kier molecular flexibility index (Phi) is 8.76. The Hall–Kier alpha value is -1.10. The number of nitrogens with one attached hydrogen (secondary N) is 1. The van der Waals surface area contributed by atoms with Gasteiger partial charge in [-0.15, -0.1) is 0 Å². The summed E-state index contributed by atoms with van der Waals surface area (Å²) in [5.74, 6) is -0.425. The van der Waals surface area contributed by atoms with Gasteiger partial charge in [-0.05, 0) is 32.4 Å². The van der Waals surface area contributed by atoms with E-state index in [1.807, 2.05) is 0 Å². The van der Waals surface area contributed by atoms with Crippen molar-refractivity contribution in [3.63, 3.8) is 0 Å². The summed E-state index contributed by atoms with van der Waals surface area (Å²) in [4.78, 5) is 21.1. The minimum atomic E-state index is -0.249. The van der Waals surface area contributed by atoms with E-state index >= 15 is 0 Å². The summed E-state index contributed by atoms with van der Waals surface area (Å²) in [5, 5.41) is 3.18. The SMILES string of the molecule is COC(=O)CCCNCCCCC(N)=O. The summed E-state index contributed by atoms with van der Waals surface area (Å²) in [7, 11) is 1.39. The van der Waals surface area contributed by atoms with Crippen LogP contribution in [0.1, 0.15) is 32.1 Å². The lowest BCUT2D eigenvalue weighted by Crippen LogP contribution is -2.18. The van der Waals surface area contributed by atoms with Crippen molar-refractivity contribution in [2.24, 2.45) is 5.73 Å². The molecule has 0 aliphatic carbocycles. The number of primary amides is 1. The molecule has 0 saturated carbocycles. The number of amides is 1. The van der Waals surface area contributed by atoms with Gasteiger partial charge in [-0.2, -0.15) is 0 Å². The molecule has 1 amide bonds. The van der Waals surface area contributed by atoms with Crippen LogP contribution in [0.25, 0.3) is 0 Å². The van der Waals surface area contributed by atoms with E-state index in [1.165, 1.54) is 7.11 Å². The van der Waals surface area contributed by atoms with Crippen LogP contribution >= 0.6 is 0 Å². The minimum Gasteiger partial charge on any atom is -0.469 e. The minimum absolute atomic E-state index is 0.175. The number of carbonyl (C=O) groups is 2. The third kappa shape index (κ3) is 10.8. The summed E-state index contributed by atoms with van der Waals surface area (Å²) in [5.41, 5.74) is 4.99. The number of hydrogen-bond acceptors (Lipinski definition) is 4. The molecule has 0 saturated heterocycles. The normalized spacial score (nSPS) is 9.93. The van der Waals surface area contributed by atoms with Crippen LogP contribution in [0.5, 0.6) is 0 Å². The van der Waals surface area contributed by atoms with Gasteiger partial charge in [-0.1, -0.05) is 0 Å². The molecule has 3 N–H and O–H groups in total. The Balaban J connectivity index is 3.05. The first-order valence-corrected chi connectivity index (χ1v) is 5.22. The van der Waals surface area contributed by atoms with E-state index in [0.717, 1.165) is 32.4 Å². The summed E-state index contributed by atoms with van der Waals surface area (Å²) in [6.07, 6.45) is 3.43. The van der Waals surface area contributed by atoms with E-state index in [-0.39, 0.29) is 11.9 Å². The summed E-state index contributed by atoms with van der Waals surface area (Å²) in [6.45, 7) is 1.65.